The highest BCUT2D eigenvalue weighted by atomic mass is 19.3. The van der Waals surface area contributed by atoms with Crippen molar-refractivity contribution in [1.82, 2.24) is 0 Å². The van der Waals surface area contributed by atoms with Gasteiger partial charge in [0, 0.05) is 23.8 Å². The first-order chi connectivity index (χ1) is 8.90. The number of rotatable bonds is 6. The van der Waals surface area contributed by atoms with E-state index in [1.807, 2.05) is 0 Å². The van der Waals surface area contributed by atoms with Crippen molar-refractivity contribution < 1.29 is 28.3 Å². The van der Waals surface area contributed by atoms with Crippen molar-refractivity contribution in [3.05, 3.63) is 40.0 Å². The molecule has 19 heavy (non-hydrogen) atoms. The molecule has 0 amide bonds. The number of hydrogen-bond acceptors (Lipinski definition) is 4. The molecule has 0 unspecified atom stereocenters. The Balaban J connectivity index is 3.07. The van der Waals surface area contributed by atoms with Crippen LogP contribution < -0.4 is 4.74 Å². The Kier molecular flexibility index (Phi) is 4.92. The van der Waals surface area contributed by atoms with Crippen LogP contribution in [0.3, 0.4) is 0 Å². The number of carbonyl (C=O) groups is 1. The van der Waals surface area contributed by atoms with Gasteiger partial charge in [0.1, 0.15) is 12.4 Å². The van der Waals surface area contributed by atoms with Crippen LogP contribution in [0.2, 0.25) is 0 Å². The van der Waals surface area contributed by atoms with Gasteiger partial charge in [-0.2, -0.15) is 0 Å². The van der Waals surface area contributed by atoms with E-state index < -0.39 is 23.9 Å². The fourth-order valence-electron chi connectivity index (χ4n) is 1.22. The van der Waals surface area contributed by atoms with Gasteiger partial charge in [0.05, 0.1) is 4.92 Å². The van der Waals surface area contributed by atoms with Crippen LogP contribution in [-0.2, 0) is 4.79 Å². The average Bonchev–Trinajstić information content (AvgIpc) is 2.33. The monoisotopic (exact) mass is 273 g/mol. The van der Waals surface area contributed by atoms with Crippen LogP contribution in [0.4, 0.5) is 14.5 Å². The number of ether oxygens (including phenoxy) is 1. The molecule has 0 fully saturated rings. The second kappa shape index (κ2) is 6.43. The van der Waals surface area contributed by atoms with Crippen molar-refractivity contribution >= 4 is 17.7 Å². The highest BCUT2D eigenvalue weighted by Gasteiger charge is 2.12. The lowest BCUT2D eigenvalue weighted by atomic mass is 10.1. The molecule has 0 bridgehead atoms. The number of carboxylic acid groups (broad SMARTS) is 1. The highest BCUT2D eigenvalue weighted by Crippen LogP contribution is 2.25. The molecular formula is C11H9F2NO5. The molecular weight excluding hydrogens is 264 g/mol. The van der Waals surface area contributed by atoms with Gasteiger partial charge in [0.15, 0.2) is 0 Å². The number of nitrogens with zero attached hydrogens (tertiary/aromatic N) is 1. The summed E-state index contributed by atoms with van der Waals surface area (Å²) in [6.45, 7) is -0.883. The minimum absolute atomic E-state index is 0.0391. The molecule has 0 spiro atoms. The molecule has 0 saturated heterocycles. The van der Waals surface area contributed by atoms with Gasteiger partial charge in [-0.1, -0.05) is 0 Å². The number of benzene rings is 1. The third kappa shape index (κ3) is 4.70. The predicted octanol–water partition coefficient (Wildman–Crippen LogP) is 2.34. The Morgan fingerprint density at radius 3 is 2.74 bits per heavy atom. The summed E-state index contributed by atoms with van der Waals surface area (Å²) in [7, 11) is 0. The molecule has 8 heteroatoms. The number of carboxylic acids is 1. The van der Waals surface area contributed by atoms with Gasteiger partial charge in [0.25, 0.3) is 12.1 Å². The van der Waals surface area contributed by atoms with Crippen LogP contribution in [0, 0.1) is 10.1 Å². The topological polar surface area (TPSA) is 89.7 Å². The number of alkyl halides is 2. The first kappa shape index (κ1) is 14.6. The summed E-state index contributed by atoms with van der Waals surface area (Å²) in [6, 6.07) is 3.27. The summed E-state index contributed by atoms with van der Waals surface area (Å²) in [5, 5.41) is 19.1. The van der Waals surface area contributed by atoms with Gasteiger partial charge >= 0.3 is 5.97 Å². The smallest absolute Gasteiger partial charge is 0.328 e. The lowest BCUT2D eigenvalue weighted by molar-refractivity contribution is -0.384. The first-order valence-electron chi connectivity index (χ1n) is 5.00. The maximum Gasteiger partial charge on any atom is 0.328 e. The van der Waals surface area contributed by atoms with E-state index in [1.165, 1.54) is 0 Å². The minimum atomic E-state index is -2.70. The quantitative estimate of drug-likeness (QED) is 0.488. The second-order valence-corrected chi connectivity index (χ2v) is 3.35. The summed E-state index contributed by atoms with van der Waals surface area (Å²) in [5.41, 5.74) is -0.258. The average molecular weight is 273 g/mol. The van der Waals surface area contributed by atoms with Gasteiger partial charge in [-0.3, -0.25) is 10.1 Å². The lowest BCUT2D eigenvalue weighted by Crippen LogP contribution is -2.08. The SMILES string of the molecule is O=C(O)/C=C/c1cc([N+](=O)[O-])ccc1OCC(F)F. The summed E-state index contributed by atoms with van der Waals surface area (Å²) in [4.78, 5) is 20.3. The van der Waals surface area contributed by atoms with Crippen molar-refractivity contribution in [2.24, 2.45) is 0 Å². The zero-order valence-corrected chi connectivity index (χ0v) is 9.45. The summed E-state index contributed by atoms with van der Waals surface area (Å²) >= 11 is 0. The Hall–Kier alpha value is -2.51. The summed E-state index contributed by atoms with van der Waals surface area (Å²) in [6.07, 6.45) is -0.934. The molecule has 1 rings (SSSR count). The molecule has 0 atom stereocenters. The van der Waals surface area contributed by atoms with Crippen LogP contribution >= 0.6 is 0 Å². The van der Waals surface area contributed by atoms with E-state index in [-0.39, 0.29) is 17.0 Å². The van der Waals surface area contributed by atoms with Crippen molar-refractivity contribution in [3.63, 3.8) is 0 Å². The van der Waals surface area contributed by atoms with E-state index in [0.717, 1.165) is 30.4 Å². The number of hydrogen-bond donors (Lipinski definition) is 1. The number of aliphatic carboxylic acids is 1. The van der Waals surface area contributed by atoms with E-state index >= 15 is 0 Å². The standard InChI is InChI=1S/C11H9F2NO5/c12-10(13)6-19-9-3-2-8(14(17)18)5-7(9)1-4-11(15)16/h1-5,10H,6H2,(H,15,16)/b4-1+. The fourth-order valence-corrected chi connectivity index (χ4v) is 1.22. The zero-order valence-electron chi connectivity index (χ0n) is 9.45. The second-order valence-electron chi connectivity index (χ2n) is 3.35. The molecule has 0 radical (unpaired) electrons. The van der Waals surface area contributed by atoms with Gasteiger partial charge < -0.3 is 9.84 Å². The zero-order chi connectivity index (χ0) is 14.4. The maximum atomic E-state index is 12.0. The third-order valence-electron chi connectivity index (χ3n) is 1.97. The van der Waals surface area contributed by atoms with E-state index in [4.69, 9.17) is 9.84 Å². The third-order valence-corrected chi connectivity index (χ3v) is 1.97. The molecule has 6 nitrogen and oxygen atoms in total. The molecule has 0 aromatic heterocycles. The molecule has 0 saturated carbocycles. The molecule has 1 aromatic rings. The molecule has 0 aliphatic carbocycles. The van der Waals surface area contributed by atoms with Crippen LogP contribution in [-0.4, -0.2) is 29.0 Å². The molecule has 102 valence electrons. The highest BCUT2D eigenvalue weighted by molar-refractivity contribution is 5.86. The summed E-state index contributed by atoms with van der Waals surface area (Å²) in [5.74, 6) is -1.32. The largest absolute Gasteiger partial charge is 0.487 e. The van der Waals surface area contributed by atoms with Crippen LogP contribution in [0.15, 0.2) is 24.3 Å². The first-order valence-corrected chi connectivity index (χ1v) is 5.00. The van der Waals surface area contributed by atoms with Crippen molar-refractivity contribution in [2.75, 3.05) is 6.61 Å². The normalized spacial score (nSPS) is 10.9. The van der Waals surface area contributed by atoms with Crippen LogP contribution in [0.1, 0.15) is 5.56 Å². The van der Waals surface area contributed by atoms with E-state index in [9.17, 15) is 23.7 Å². The van der Waals surface area contributed by atoms with Gasteiger partial charge in [-0.05, 0) is 12.1 Å². The lowest BCUT2D eigenvalue weighted by Gasteiger charge is -2.08. The molecule has 0 aliphatic rings. The van der Waals surface area contributed by atoms with Gasteiger partial charge in [0.2, 0.25) is 0 Å². The number of nitro groups is 1. The van der Waals surface area contributed by atoms with E-state index in [2.05, 4.69) is 0 Å². The van der Waals surface area contributed by atoms with Crippen molar-refractivity contribution in [2.45, 2.75) is 6.43 Å². The molecule has 0 aliphatic heterocycles. The predicted molar refractivity (Wildman–Crippen MR) is 61.3 cm³/mol. The summed E-state index contributed by atoms with van der Waals surface area (Å²) < 4.78 is 28.8. The Morgan fingerprint density at radius 2 is 2.21 bits per heavy atom. The number of nitro benzene ring substituents is 1. The fraction of sp³-hybridized carbons (Fsp3) is 0.182. The number of non-ortho nitro benzene ring substituents is 1. The Morgan fingerprint density at radius 1 is 1.53 bits per heavy atom. The van der Waals surface area contributed by atoms with E-state index in [0.29, 0.717) is 0 Å². The van der Waals surface area contributed by atoms with Crippen LogP contribution in [0.25, 0.3) is 6.08 Å². The van der Waals surface area contributed by atoms with Crippen molar-refractivity contribution in [3.8, 4) is 5.75 Å². The molecule has 1 N–H and O–H groups in total. The van der Waals surface area contributed by atoms with Gasteiger partial charge in [-0.15, -0.1) is 0 Å². The van der Waals surface area contributed by atoms with E-state index in [1.54, 1.807) is 0 Å². The van der Waals surface area contributed by atoms with Crippen molar-refractivity contribution in [1.29, 1.82) is 0 Å². The van der Waals surface area contributed by atoms with Crippen LogP contribution in [0.5, 0.6) is 5.75 Å². The molecule has 0 heterocycles. The Bertz CT molecular complexity index is 516. The number of halogens is 2. The minimum Gasteiger partial charge on any atom is -0.487 e. The van der Waals surface area contributed by atoms with Gasteiger partial charge in [-0.25, -0.2) is 13.6 Å². The molecule has 1 aromatic carbocycles. The Labute approximate surface area is 106 Å². The maximum absolute atomic E-state index is 12.0.